The van der Waals surface area contributed by atoms with Crippen LogP contribution in [0.25, 0.3) is 0 Å². The first-order valence-corrected chi connectivity index (χ1v) is 10.0. The number of benzene rings is 2. The van der Waals surface area contributed by atoms with Gasteiger partial charge in [-0.2, -0.15) is 0 Å². The van der Waals surface area contributed by atoms with Crippen molar-refractivity contribution in [1.29, 1.82) is 0 Å². The van der Waals surface area contributed by atoms with E-state index in [0.717, 1.165) is 28.4 Å². The molecule has 1 atom stereocenters. The van der Waals surface area contributed by atoms with Crippen molar-refractivity contribution in [1.82, 2.24) is 0 Å². The molecule has 3 rings (SSSR count). The molecule has 1 aliphatic heterocycles. The van der Waals surface area contributed by atoms with E-state index in [9.17, 15) is 14.7 Å². The summed E-state index contributed by atoms with van der Waals surface area (Å²) in [6, 6.07) is 11.1. The summed E-state index contributed by atoms with van der Waals surface area (Å²) >= 11 is 3.42. The largest absolute Gasteiger partial charge is 0.375 e. The Morgan fingerprint density at radius 1 is 1.19 bits per heavy atom. The van der Waals surface area contributed by atoms with E-state index in [1.807, 2.05) is 44.2 Å². The van der Waals surface area contributed by atoms with Crippen molar-refractivity contribution in [2.24, 2.45) is 0 Å². The van der Waals surface area contributed by atoms with Crippen LogP contribution in [-0.4, -0.2) is 23.3 Å². The van der Waals surface area contributed by atoms with Crippen LogP contribution in [0, 0.1) is 13.8 Å². The van der Waals surface area contributed by atoms with Gasteiger partial charge in [-0.15, -0.1) is 0 Å². The van der Waals surface area contributed by atoms with Crippen LogP contribution in [0.15, 0.2) is 40.9 Å². The zero-order valence-corrected chi connectivity index (χ0v) is 17.5. The lowest BCUT2D eigenvalue weighted by Gasteiger charge is -2.23. The van der Waals surface area contributed by atoms with Crippen molar-refractivity contribution in [2.45, 2.75) is 45.6 Å². The molecule has 0 radical (unpaired) electrons. The number of halogens is 1. The van der Waals surface area contributed by atoms with Crippen LogP contribution in [0.1, 0.15) is 53.2 Å². The number of unbranched alkanes of at least 4 members (excludes halogenated alkanes) is 1. The molecule has 0 spiro atoms. The number of rotatable bonds is 6. The van der Waals surface area contributed by atoms with E-state index in [1.165, 1.54) is 0 Å². The fourth-order valence-corrected chi connectivity index (χ4v) is 3.96. The van der Waals surface area contributed by atoms with E-state index in [1.54, 1.807) is 11.0 Å². The molecular formula is C22H24BrNO3. The van der Waals surface area contributed by atoms with Gasteiger partial charge in [-0.25, -0.2) is 0 Å². The van der Waals surface area contributed by atoms with Crippen molar-refractivity contribution in [2.75, 3.05) is 11.4 Å². The van der Waals surface area contributed by atoms with Crippen LogP contribution in [0.5, 0.6) is 0 Å². The third-order valence-corrected chi connectivity index (χ3v) is 5.63. The Labute approximate surface area is 168 Å². The molecule has 0 aliphatic carbocycles. The Hall–Kier alpha value is -1.98. The summed E-state index contributed by atoms with van der Waals surface area (Å²) in [7, 11) is 0. The van der Waals surface area contributed by atoms with Crippen LogP contribution in [0.2, 0.25) is 0 Å². The highest BCUT2D eigenvalue weighted by molar-refractivity contribution is 9.10. The summed E-state index contributed by atoms with van der Waals surface area (Å²) in [5, 5.41) is 11.4. The lowest BCUT2D eigenvalue weighted by molar-refractivity contribution is -0.135. The Morgan fingerprint density at radius 2 is 1.93 bits per heavy atom. The molecule has 4 nitrogen and oxygen atoms in total. The molecule has 5 heteroatoms. The van der Waals surface area contributed by atoms with Crippen LogP contribution < -0.4 is 4.90 Å². The SMILES string of the molecule is CCCCN1C(=O)C(O)(CC(=O)c2cc(C)ccc2C)c2cc(Br)ccc21. The smallest absolute Gasteiger partial charge is 0.264 e. The molecule has 0 saturated heterocycles. The number of anilines is 1. The number of carbonyl (C=O) groups is 2. The van der Waals surface area contributed by atoms with Gasteiger partial charge in [-0.05, 0) is 50.1 Å². The highest BCUT2D eigenvalue weighted by atomic mass is 79.9. The summed E-state index contributed by atoms with van der Waals surface area (Å²) in [5.41, 5.74) is 1.72. The van der Waals surface area contributed by atoms with E-state index in [4.69, 9.17) is 0 Å². The van der Waals surface area contributed by atoms with E-state index in [0.29, 0.717) is 23.4 Å². The van der Waals surface area contributed by atoms with Crippen molar-refractivity contribution in [3.8, 4) is 0 Å². The fourth-order valence-electron chi connectivity index (χ4n) is 3.60. The summed E-state index contributed by atoms with van der Waals surface area (Å²) in [5.74, 6) is -0.641. The second kappa shape index (κ2) is 7.56. The van der Waals surface area contributed by atoms with E-state index in [-0.39, 0.29) is 12.2 Å². The maximum absolute atomic E-state index is 13.1. The van der Waals surface area contributed by atoms with Gasteiger partial charge < -0.3 is 10.0 Å². The monoisotopic (exact) mass is 429 g/mol. The Balaban J connectivity index is 2.01. The predicted octanol–water partition coefficient (Wildman–Crippen LogP) is 4.67. The first kappa shape index (κ1) is 19.8. The number of hydrogen-bond donors (Lipinski definition) is 1. The van der Waals surface area contributed by atoms with Gasteiger partial charge in [0.15, 0.2) is 11.4 Å². The maximum atomic E-state index is 13.1. The molecule has 0 aromatic heterocycles. The van der Waals surface area contributed by atoms with Gasteiger partial charge >= 0.3 is 0 Å². The summed E-state index contributed by atoms with van der Waals surface area (Å²) in [4.78, 5) is 27.7. The molecule has 0 bridgehead atoms. The van der Waals surface area contributed by atoms with Gasteiger partial charge in [-0.3, -0.25) is 9.59 Å². The lowest BCUT2D eigenvalue weighted by atomic mass is 9.87. The Morgan fingerprint density at radius 3 is 2.63 bits per heavy atom. The number of hydrogen-bond acceptors (Lipinski definition) is 3. The van der Waals surface area contributed by atoms with Crippen molar-refractivity contribution < 1.29 is 14.7 Å². The molecule has 1 N–H and O–H groups in total. The molecule has 142 valence electrons. The van der Waals surface area contributed by atoms with Gasteiger partial charge in [0.25, 0.3) is 5.91 Å². The van der Waals surface area contributed by atoms with Gasteiger partial charge in [0.1, 0.15) is 0 Å². The quantitative estimate of drug-likeness (QED) is 0.678. The van der Waals surface area contributed by atoms with Crippen molar-refractivity contribution in [3.05, 3.63) is 63.1 Å². The number of fused-ring (bicyclic) bond motifs is 1. The average molecular weight is 430 g/mol. The highest BCUT2D eigenvalue weighted by Crippen LogP contribution is 2.44. The lowest BCUT2D eigenvalue weighted by Crippen LogP contribution is -2.42. The fraction of sp³-hybridized carbons (Fsp3) is 0.364. The molecule has 0 saturated carbocycles. The van der Waals surface area contributed by atoms with E-state index < -0.39 is 11.5 Å². The minimum atomic E-state index is -1.83. The number of aryl methyl sites for hydroxylation is 2. The minimum Gasteiger partial charge on any atom is -0.375 e. The number of amides is 1. The molecule has 1 heterocycles. The molecule has 1 amide bonds. The number of ketones is 1. The van der Waals surface area contributed by atoms with Crippen molar-refractivity contribution >= 4 is 33.3 Å². The minimum absolute atomic E-state index is 0.227. The normalized spacial score (nSPS) is 18.7. The van der Waals surface area contributed by atoms with Crippen LogP contribution in [-0.2, 0) is 10.4 Å². The topological polar surface area (TPSA) is 57.6 Å². The van der Waals surface area contributed by atoms with E-state index >= 15 is 0 Å². The predicted molar refractivity (Wildman–Crippen MR) is 110 cm³/mol. The molecule has 27 heavy (non-hydrogen) atoms. The van der Waals surface area contributed by atoms with Crippen LogP contribution in [0.4, 0.5) is 5.69 Å². The zero-order valence-electron chi connectivity index (χ0n) is 15.9. The molecule has 2 aromatic rings. The van der Waals surface area contributed by atoms with Gasteiger partial charge in [0.2, 0.25) is 0 Å². The zero-order chi connectivity index (χ0) is 19.8. The third-order valence-electron chi connectivity index (χ3n) is 5.14. The Kier molecular flexibility index (Phi) is 5.54. The van der Waals surface area contributed by atoms with Crippen LogP contribution in [0.3, 0.4) is 0 Å². The van der Waals surface area contributed by atoms with Gasteiger partial charge in [0, 0.05) is 22.1 Å². The average Bonchev–Trinajstić information content (AvgIpc) is 2.83. The first-order valence-electron chi connectivity index (χ1n) is 9.22. The number of nitrogens with zero attached hydrogens (tertiary/aromatic N) is 1. The van der Waals surface area contributed by atoms with Crippen molar-refractivity contribution in [3.63, 3.8) is 0 Å². The first-order chi connectivity index (χ1) is 12.8. The highest BCUT2D eigenvalue weighted by Gasteiger charge is 2.50. The number of aliphatic hydroxyl groups is 1. The number of carbonyl (C=O) groups excluding carboxylic acids is 2. The van der Waals surface area contributed by atoms with Gasteiger partial charge in [-0.1, -0.05) is 47.0 Å². The van der Waals surface area contributed by atoms with Crippen LogP contribution >= 0.6 is 15.9 Å². The molecular weight excluding hydrogens is 406 g/mol. The number of Topliss-reactive ketones (excluding diaryl/α,β-unsaturated/α-hetero) is 1. The molecule has 2 aromatic carbocycles. The van der Waals surface area contributed by atoms with E-state index in [2.05, 4.69) is 22.9 Å². The second-order valence-electron chi connectivity index (χ2n) is 7.25. The van der Waals surface area contributed by atoms with Gasteiger partial charge in [0.05, 0.1) is 12.1 Å². The third kappa shape index (κ3) is 3.58. The summed E-state index contributed by atoms with van der Waals surface area (Å²) in [6.45, 7) is 6.37. The second-order valence-corrected chi connectivity index (χ2v) is 8.17. The Bertz CT molecular complexity index is 908. The molecule has 1 unspecified atom stereocenters. The standard InChI is InChI=1S/C22H24BrNO3/c1-4-5-10-24-19-9-8-16(23)12-18(19)22(27,21(24)26)13-20(25)17-11-14(2)6-7-15(17)3/h6-9,11-12,27H,4-5,10,13H2,1-3H3. The summed E-state index contributed by atoms with van der Waals surface area (Å²) in [6.07, 6.45) is 1.51. The molecule has 0 fully saturated rings. The maximum Gasteiger partial charge on any atom is 0.264 e. The summed E-state index contributed by atoms with van der Waals surface area (Å²) < 4.78 is 0.768. The molecule has 1 aliphatic rings.